The molecule has 1 saturated heterocycles. The first kappa shape index (κ1) is 21.9. The second-order valence-corrected chi connectivity index (χ2v) is 8.77. The fraction of sp³-hybridized carbons (Fsp3) is 0.320. The Labute approximate surface area is 196 Å². The van der Waals surface area contributed by atoms with Crippen LogP contribution in [-0.4, -0.2) is 38.9 Å². The largest absolute Gasteiger partial charge is 0.369 e. The van der Waals surface area contributed by atoms with Crippen molar-refractivity contribution in [3.8, 4) is 0 Å². The van der Waals surface area contributed by atoms with Crippen LogP contribution >= 0.6 is 0 Å². The second-order valence-electron chi connectivity index (χ2n) is 8.77. The highest BCUT2D eigenvalue weighted by molar-refractivity contribution is 5.87. The molecule has 0 aliphatic carbocycles. The van der Waals surface area contributed by atoms with Gasteiger partial charge in [0.1, 0.15) is 23.5 Å². The Morgan fingerprint density at radius 2 is 1.97 bits per heavy atom. The quantitative estimate of drug-likeness (QED) is 0.466. The van der Waals surface area contributed by atoms with Crippen molar-refractivity contribution in [2.24, 2.45) is 11.7 Å². The average molecular weight is 460 g/mol. The van der Waals surface area contributed by atoms with Gasteiger partial charge in [-0.2, -0.15) is 0 Å². The normalized spacial score (nSPS) is 15.6. The van der Waals surface area contributed by atoms with Crippen molar-refractivity contribution in [1.82, 2.24) is 19.9 Å². The molecule has 1 aliphatic heterocycles. The number of rotatable bonds is 5. The third-order valence-corrected chi connectivity index (χ3v) is 6.59. The summed E-state index contributed by atoms with van der Waals surface area (Å²) in [5.74, 6) is 0.730. The van der Waals surface area contributed by atoms with Gasteiger partial charge in [0.15, 0.2) is 5.82 Å². The molecule has 0 bridgehead atoms. The van der Waals surface area contributed by atoms with Crippen LogP contribution in [0.25, 0.3) is 21.9 Å². The van der Waals surface area contributed by atoms with E-state index in [2.05, 4.69) is 31.2 Å². The standard InChI is InChI=1S/C25H26FN7O/c1-14-19(26)6-5-17-12-18(15(2)31-24-22-20(29-13-30-24)4-3-9-28-22)25(32-21(14)17)33-10-7-16(8-11-33)23(27)34/h3-6,9,12-13,15-16H,7-8,10-11H2,1-2H3,(H2,27,34)(H,29,30,31)/t15-/m0/s1. The molecule has 8 nitrogen and oxygen atoms in total. The Kier molecular flexibility index (Phi) is 5.69. The van der Waals surface area contributed by atoms with E-state index in [4.69, 9.17) is 10.7 Å². The van der Waals surface area contributed by atoms with Crippen LogP contribution in [0.1, 0.15) is 36.9 Å². The van der Waals surface area contributed by atoms with E-state index in [1.807, 2.05) is 19.1 Å². The number of aromatic nitrogens is 4. The fourth-order valence-electron chi connectivity index (χ4n) is 4.59. The molecule has 0 saturated carbocycles. The minimum Gasteiger partial charge on any atom is -0.369 e. The third kappa shape index (κ3) is 3.98. The van der Waals surface area contributed by atoms with Crippen molar-refractivity contribution in [3.63, 3.8) is 0 Å². The molecular weight excluding hydrogens is 433 g/mol. The number of halogens is 1. The zero-order chi connectivity index (χ0) is 23.8. The Hall–Kier alpha value is -3.88. The number of carbonyl (C=O) groups excluding carboxylic acids is 1. The molecule has 9 heteroatoms. The van der Waals surface area contributed by atoms with Crippen molar-refractivity contribution in [1.29, 1.82) is 0 Å². The molecule has 0 unspecified atom stereocenters. The van der Waals surface area contributed by atoms with E-state index in [0.29, 0.717) is 48.3 Å². The molecule has 3 aromatic heterocycles. The van der Waals surface area contributed by atoms with Gasteiger partial charge in [-0.05, 0) is 57.0 Å². The van der Waals surface area contributed by atoms with Crippen molar-refractivity contribution in [2.45, 2.75) is 32.7 Å². The first-order chi connectivity index (χ1) is 16.4. The van der Waals surface area contributed by atoms with Crippen LogP contribution in [0, 0.1) is 18.7 Å². The highest BCUT2D eigenvalue weighted by Crippen LogP contribution is 2.34. The van der Waals surface area contributed by atoms with E-state index in [-0.39, 0.29) is 23.7 Å². The Morgan fingerprint density at radius 3 is 2.74 bits per heavy atom. The van der Waals surface area contributed by atoms with Crippen molar-refractivity contribution in [3.05, 3.63) is 59.8 Å². The van der Waals surface area contributed by atoms with Crippen LogP contribution < -0.4 is 16.0 Å². The fourth-order valence-corrected chi connectivity index (χ4v) is 4.59. The van der Waals surface area contributed by atoms with E-state index < -0.39 is 0 Å². The summed E-state index contributed by atoms with van der Waals surface area (Å²) in [6.45, 7) is 5.08. The number of nitrogens with two attached hydrogens (primary N) is 1. The number of primary amides is 1. The lowest BCUT2D eigenvalue weighted by Gasteiger charge is -2.34. The summed E-state index contributed by atoms with van der Waals surface area (Å²) in [6.07, 6.45) is 4.56. The molecule has 1 fully saturated rings. The summed E-state index contributed by atoms with van der Waals surface area (Å²) >= 11 is 0. The first-order valence-corrected chi connectivity index (χ1v) is 11.4. The third-order valence-electron chi connectivity index (χ3n) is 6.59. The second kappa shape index (κ2) is 8.81. The summed E-state index contributed by atoms with van der Waals surface area (Å²) in [6, 6.07) is 8.84. The average Bonchev–Trinajstić information content (AvgIpc) is 2.86. The van der Waals surface area contributed by atoms with Gasteiger partial charge in [-0.3, -0.25) is 9.78 Å². The molecule has 0 radical (unpaired) electrons. The van der Waals surface area contributed by atoms with Crippen LogP contribution in [0.15, 0.2) is 42.9 Å². The summed E-state index contributed by atoms with van der Waals surface area (Å²) < 4.78 is 14.3. The number of carbonyl (C=O) groups is 1. The predicted molar refractivity (Wildman–Crippen MR) is 130 cm³/mol. The molecule has 4 aromatic rings. The molecule has 174 valence electrons. The number of piperidine rings is 1. The summed E-state index contributed by atoms with van der Waals surface area (Å²) in [7, 11) is 0. The topological polar surface area (TPSA) is 110 Å². The van der Waals surface area contributed by atoms with Gasteiger partial charge in [0.05, 0.1) is 17.1 Å². The molecular formula is C25H26FN7O. The maximum Gasteiger partial charge on any atom is 0.220 e. The minimum absolute atomic E-state index is 0.131. The SMILES string of the molecule is Cc1c(F)ccc2cc([C@H](C)Nc3ncnc4cccnc34)c(N3CCC(C(N)=O)CC3)nc12. The van der Waals surface area contributed by atoms with Crippen LogP contribution in [0.4, 0.5) is 16.0 Å². The van der Waals surface area contributed by atoms with Crippen LogP contribution in [-0.2, 0) is 4.79 Å². The van der Waals surface area contributed by atoms with E-state index in [1.54, 1.807) is 19.2 Å². The van der Waals surface area contributed by atoms with Crippen molar-refractivity contribution < 1.29 is 9.18 Å². The minimum atomic E-state index is -0.282. The number of amides is 1. The number of benzene rings is 1. The number of aryl methyl sites for hydroxylation is 1. The maximum atomic E-state index is 14.3. The lowest BCUT2D eigenvalue weighted by atomic mass is 9.95. The highest BCUT2D eigenvalue weighted by Gasteiger charge is 2.27. The maximum absolute atomic E-state index is 14.3. The molecule has 5 rings (SSSR count). The zero-order valence-corrected chi connectivity index (χ0v) is 19.1. The van der Waals surface area contributed by atoms with Crippen LogP contribution in [0.2, 0.25) is 0 Å². The summed E-state index contributed by atoms with van der Waals surface area (Å²) in [5, 5.41) is 4.33. The Bertz CT molecular complexity index is 1380. The monoisotopic (exact) mass is 459 g/mol. The van der Waals surface area contributed by atoms with Crippen LogP contribution in [0.5, 0.6) is 0 Å². The molecule has 3 N–H and O–H groups in total. The number of fused-ring (bicyclic) bond motifs is 2. The van der Waals surface area contributed by atoms with Gasteiger partial charge in [0.25, 0.3) is 0 Å². The van der Waals surface area contributed by atoms with Crippen molar-refractivity contribution in [2.75, 3.05) is 23.3 Å². The zero-order valence-electron chi connectivity index (χ0n) is 19.1. The van der Waals surface area contributed by atoms with Crippen LogP contribution in [0.3, 0.4) is 0 Å². The molecule has 1 aliphatic rings. The van der Waals surface area contributed by atoms with Gasteiger partial charge in [-0.25, -0.2) is 19.3 Å². The first-order valence-electron chi connectivity index (χ1n) is 11.4. The molecule has 1 atom stereocenters. The lowest BCUT2D eigenvalue weighted by molar-refractivity contribution is -0.122. The van der Waals surface area contributed by atoms with Gasteiger partial charge >= 0.3 is 0 Å². The molecule has 0 spiro atoms. The number of hydrogen-bond acceptors (Lipinski definition) is 7. The van der Waals surface area contributed by atoms with E-state index in [1.165, 1.54) is 12.4 Å². The molecule has 34 heavy (non-hydrogen) atoms. The smallest absolute Gasteiger partial charge is 0.220 e. The molecule has 1 amide bonds. The van der Waals surface area contributed by atoms with Crippen molar-refractivity contribution >= 4 is 39.5 Å². The summed E-state index contributed by atoms with van der Waals surface area (Å²) in [4.78, 5) is 31.9. The van der Waals surface area contributed by atoms with E-state index >= 15 is 0 Å². The Morgan fingerprint density at radius 1 is 1.18 bits per heavy atom. The van der Waals surface area contributed by atoms with Gasteiger partial charge < -0.3 is 16.0 Å². The highest BCUT2D eigenvalue weighted by atomic mass is 19.1. The van der Waals surface area contributed by atoms with Gasteiger partial charge in [0, 0.05) is 41.7 Å². The molecule has 4 heterocycles. The number of anilines is 2. The summed E-state index contributed by atoms with van der Waals surface area (Å²) in [5.41, 5.74) is 9.08. The number of hydrogen-bond donors (Lipinski definition) is 2. The van der Waals surface area contributed by atoms with Gasteiger partial charge in [-0.1, -0.05) is 0 Å². The van der Waals surface area contributed by atoms with Gasteiger partial charge in [0.2, 0.25) is 5.91 Å². The van der Waals surface area contributed by atoms with E-state index in [0.717, 1.165) is 22.3 Å². The van der Waals surface area contributed by atoms with E-state index in [9.17, 15) is 9.18 Å². The molecule has 1 aromatic carbocycles. The number of nitrogens with one attached hydrogen (secondary N) is 1. The lowest BCUT2D eigenvalue weighted by Crippen LogP contribution is -2.39. The Balaban J connectivity index is 1.56. The van der Waals surface area contributed by atoms with Gasteiger partial charge in [-0.15, -0.1) is 0 Å². The number of nitrogens with zero attached hydrogens (tertiary/aromatic N) is 5. The predicted octanol–water partition coefficient (Wildman–Crippen LogP) is 3.90. The number of pyridine rings is 2.